The molecule has 0 radical (unpaired) electrons. The second-order valence-corrected chi connectivity index (χ2v) is 8.04. The molecule has 1 heterocycles. The first-order valence-corrected chi connectivity index (χ1v) is 10.8. The molecule has 1 atom stereocenters. The van der Waals surface area contributed by atoms with Crippen molar-refractivity contribution in [2.75, 3.05) is 0 Å². The van der Waals surface area contributed by atoms with E-state index >= 15 is 0 Å². The lowest BCUT2D eigenvalue weighted by atomic mass is 10.0. The molecule has 2 aromatic carbocycles. The van der Waals surface area contributed by atoms with Gasteiger partial charge in [-0.1, -0.05) is 62.4 Å². The van der Waals surface area contributed by atoms with Gasteiger partial charge >= 0.3 is 0 Å². The van der Waals surface area contributed by atoms with E-state index < -0.39 is 0 Å². The summed E-state index contributed by atoms with van der Waals surface area (Å²) in [5.41, 5.74) is 5.02. The van der Waals surface area contributed by atoms with Crippen molar-refractivity contribution in [1.29, 1.82) is 0 Å². The van der Waals surface area contributed by atoms with Crippen LogP contribution >= 0.6 is 0 Å². The molecule has 0 spiro atoms. The number of amides is 1. The Morgan fingerprint density at radius 2 is 1.83 bits per heavy atom. The van der Waals surface area contributed by atoms with Crippen molar-refractivity contribution in [3.05, 3.63) is 65.0 Å². The number of nitrogens with zero attached hydrogens (tertiary/aromatic N) is 2. The van der Waals surface area contributed by atoms with E-state index in [-0.39, 0.29) is 11.9 Å². The molecule has 1 amide bonds. The highest BCUT2D eigenvalue weighted by Crippen LogP contribution is 2.22. The Bertz CT molecular complexity index is 973. The summed E-state index contributed by atoms with van der Waals surface area (Å²) in [4.78, 5) is 17.7. The standard InChI is InChI=1S/C25H33N3O/c1-5-6-7-8-11-16-28-23-13-10-9-12-22(23)27-24(28)20(4)26-25(29)21-15-14-18(2)17-19(21)3/h9-10,12-15,17,20H,5-8,11,16H2,1-4H3,(H,26,29). The van der Waals surface area contributed by atoms with Crippen molar-refractivity contribution in [2.24, 2.45) is 0 Å². The highest BCUT2D eigenvalue weighted by Gasteiger charge is 2.19. The molecule has 1 aromatic heterocycles. The van der Waals surface area contributed by atoms with E-state index in [4.69, 9.17) is 4.98 Å². The number of para-hydroxylation sites is 2. The second kappa shape index (κ2) is 9.73. The highest BCUT2D eigenvalue weighted by atomic mass is 16.1. The van der Waals surface area contributed by atoms with E-state index in [0.717, 1.165) is 46.5 Å². The van der Waals surface area contributed by atoms with Gasteiger partial charge in [-0.05, 0) is 51.0 Å². The number of aryl methyl sites for hydroxylation is 3. The maximum absolute atomic E-state index is 12.9. The number of carbonyl (C=O) groups is 1. The van der Waals surface area contributed by atoms with Crippen LogP contribution in [0.4, 0.5) is 0 Å². The number of benzene rings is 2. The van der Waals surface area contributed by atoms with Crippen LogP contribution in [0.5, 0.6) is 0 Å². The zero-order chi connectivity index (χ0) is 20.8. The zero-order valence-electron chi connectivity index (χ0n) is 18.2. The minimum atomic E-state index is -0.161. The van der Waals surface area contributed by atoms with Gasteiger partial charge < -0.3 is 9.88 Å². The van der Waals surface area contributed by atoms with E-state index in [0.29, 0.717) is 0 Å². The minimum absolute atomic E-state index is 0.0449. The van der Waals surface area contributed by atoms with Crippen LogP contribution < -0.4 is 5.32 Å². The Hall–Kier alpha value is -2.62. The average Bonchev–Trinajstić information content (AvgIpc) is 3.06. The molecule has 3 rings (SSSR count). The Morgan fingerprint density at radius 3 is 2.59 bits per heavy atom. The smallest absolute Gasteiger partial charge is 0.252 e. The number of carbonyl (C=O) groups excluding carboxylic acids is 1. The molecule has 0 aliphatic heterocycles. The SMILES string of the molecule is CCCCCCCn1c(C(C)NC(=O)c2ccc(C)cc2C)nc2ccccc21. The van der Waals surface area contributed by atoms with E-state index in [1.54, 1.807) is 0 Å². The Labute approximate surface area is 174 Å². The molecule has 1 unspecified atom stereocenters. The number of nitrogens with one attached hydrogen (secondary N) is 1. The lowest BCUT2D eigenvalue weighted by Crippen LogP contribution is -2.29. The van der Waals surface area contributed by atoms with Gasteiger partial charge in [-0.3, -0.25) is 4.79 Å². The molecule has 0 aliphatic carbocycles. The predicted octanol–water partition coefficient (Wildman–Crippen LogP) is 6.11. The lowest BCUT2D eigenvalue weighted by molar-refractivity contribution is 0.0937. The molecule has 29 heavy (non-hydrogen) atoms. The average molecular weight is 392 g/mol. The van der Waals surface area contributed by atoms with E-state index in [1.165, 1.54) is 25.7 Å². The number of imidazole rings is 1. The van der Waals surface area contributed by atoms with Gasteiger partial charge in [-0.15, -0.1) is 0 Å². The van der Waals surface area contributed by atoms with E-state index in [9.17, 15) is 4.79 Å². The molecule has 0 saturated carbocycles. The fraction of sp³-hybridized carbons (Fsp3) is 0.440. The van der Waals surface area contributed by atoms with Crippen LogP contribution in [0.15, 0.2) is 42.5 Å². The van der Waals surface area contributed by atoms with Gasteiger partial charge in [0.1, 0.15) is 5.82 Å². The first-order chi connectivity index (χ1) is 14.0. The van der Waals surface area contributed by atoms with Gasteiger partial charge in [0.15, 0.2) is 0 Å². The summed E-state index contributed by atoms with van der Waals surface area (Å²) in [5.74, 6) is 0.886. The van der Waals surface area contributed by atoms with Crippen molar-refractivity contribution in [3.63, 3.8) is 0 Å². The molecule has 1 N–H and O–H groups in total. The number of hydrogen-bond donors (Lipinski definition) is 1. The summed E-state index contributed by atoms with van der Waals surface area (Å²) in [6.45, 7) is 9.22. The third-order valence-corrected chi connectivity index (χ3v) is 5.53. The number of unbranched alkanes of at least 4 members (excludes halogenated alkanes) is 4. The summed E-state index contributed by atoms with van der Waals surface area (Å²) in [6.07, 6.45) is 6.17. The quantitative estimate of drug-likeness (QED) is 0.447. The number of aromatic nitrogens is 2. The zero-order valence-corrected chi connectivity index (χ0v) is 18.2. The maximum atomic E-state index is 12.9. The van der Waals surface area contributed by atoms with E-state index in [1.807, 2.05) is 51.1 Å². The molecule has 154 valence electrons. The molecule has 0 aliphatic rings. The van der Waals surface area contributed by atoms with Crippen LogP contribution in [0.2, 0.25) is 0 Å². The minimum Gasteiger partial charge on any atom is -0.342 e. The summed E-state index contributed by atoms with van der Waals surface area (Å²) < 4.78 is 2.29. The molecule has 4 heteroatoms. The van der Waals surface area contributed by atoms with Gasteiger partial charge in [-0.2, -0.15) is 0 Å². The van der Waals surface area contributed by atoms with Gasteiger partial charge in [0, 0.05) is 12.1 Å². The van der Waals surface area contributed by atoms with Gasteiger partial charge in [0.25, 0.3) is 5.91 Å². The fourth-order valence-corrected chi connectivity index (χ4v) is 3.94. The van der Waals surface area contributed by atoms with Crippen LogP contribution in [-0.4, -0.2) is 15.5 Å². The van der Waals surface area contributed by atoms with Crippen molar-refractivity contribution in [3.8, 4) is 0 Å². The molecule has 0 saturated heterocycles. The molecular formula is C25H33N3O. The summed E-state index contributed by atoms with van der Waals surface area (Å²) in [7, 11) is 0. The molecular weight excluding hydrogens is 358 g/mol. The Kier molecular flexibility index (Phi) is 7.08. The van der Waals surface area contributed by atoms with Crippen molar-refractivity contribution < 1.29 is 4.79 Å². The molecule has 0 bridgehead atoms. The normalized spacial score (nSPS) is 12.3. The topological polar surface area (TPSA) is 46.9 Å². The first kappa shape index (κ1) is 21.1. The Morgan fingerprint density at radius 1 is 1.07 bits per heavy atom. The lowest BCUT2D eigenvalue weighted by Gasteiger charge is -2.17. The summed E-state index contributed by atoms with van der Waals surface area (Å²) in [6, 6.07) is 14.0. The van der Waals surface area contributed by atoms with Crippen LogP contribution in [0, 0.1) is 13.8 Å². The number of fused-ring (bicyclic) bond motifs is 1. The molecule has 0 fully saturated rings. The van der Waals surface area contributed by atoms with Gasteiger partial charge in [-0.25, -0.2) is 4.98 Å². The van der Waals surface area contributed by atoms with E-state index in [2.05, 4.69) is 28.9 Å². The third kappa shape index (κ3) is 5.06. The van der Waals surface area contributed by atoms with Gasteiger partial charge in [0.2, 0.25) is 0 Å². The van der Waals surface area contributed by atoms with Crippen molar-refractivity contribution >= 4 is 16.9 Å². The molecule has 4 nitrogen and oxygen atoms in total. The fourth-order valence-electron chi connectivity index (χ4n) is 3.94. The van der Waals surface area contributed by atoms with Crippen LogP contribution in [0.25, 0.3) is 11.0 Å². The van der Waals surface area contributed by atoms with Crippen LogP contribution in [0.3, 0.4) is 0 Å². The largest absolute Gasteiger partial charge is 0.342 e. The summed E-state index contributed by atoms with van der Waals surface area (Å²) in [5, 5.41) is 3.16. The van der Waals surface area contributed by atoms with Crippen LogP contribution in [-0.2, 0) is 6.54 Å². The first-order valence-electron chi connectivity index (χ1n) is 10.8. The summed E-state index contributed by atoms with van der Waals surface area (Å²) >= 11 is 0. The molecule has 3 aromatic rings. The maximum Gasteiger partial charge on any atom is 0.252 e. The highest BCUT2D eigenvalue weighted by molar-refractivity contribution is 5.96. The number of hydrogen-bond acceptors (Lipinski definition) is 2. The third-order valence-electron chi connectivity index (χ3n) is 5.53. The van der Waals surface area contributed by atoms with Crippen molar-refractivity contribution in [1.82, 2.24) is 14.9 Å². The predicted molar refractivity (Wildman–Crippen MR) is 120 cm³/mol. The monoisotopic (exact) mass is 391 g/mol. The van der Waals surface area contributed by atoms with Crippen LogP contribution in [0.1, 0.15) is 79.3 Å². The Balaban J connectivity index is 1.79. The second-order valence-electron chi connectivity index (χ2n) is 8.04. The van der Waals surface area contributed by atoms with Crippen molar-refractivity contribution in [2.45, 2.75) is 72.4 Å². The number of rotatable bonds is 9. The van der Waals surface area contributed by atoms with Gasteiger partial charge in [0.05, 0.1) is 17.1 Å².